The Hall–Kier alpha value is -3.52. The van der Waals surface area contributed by atoms with Gasteiger partial charge in [-0.1, -0.05) is 18.2 Å². The van der Waals surface area contributed by atoms with E-state index in [2.05, 4.69) is 44.2 Å². The van der Waals surface area contributed by atoms with Crippen molar-refractivity contribution in [2.45, 2.75) is 6.61 Å². The van der Waals surface area contributed by atoms with Crippen LogP contribution >= 0.6 is 22.6 Å². The summed E-state index contributed by atoms with van der Waals surface area (Å²) < 4.78 is 6.74. The Kier molecular flexibility index (Phi) is 6.70. The molecular formula is C20H14IN5O3. The second-order valence-corrected chi connectivity index (χ2v) is 6.94. The number of pyridine rings is 1. The summed E-state index contributed by atoms with van der Waals surface area (Å²) in [6, 6.07) is 17.9. The van der Waals surface area contributed by atoms with Gasteiger partial charge in [0.05, 0.1) is 26.3 Å². The number of hydrogen-bond donors (Lipinski definition) is 1. The van der Waals surface area contributed by atoms with E-state index in [0.717, 1.165) is 20.9 Å². The quantitative estimate of drug-likeness (QED) is 0.222. The van der Waals surface area contributed by atoms with Crippen molar-refractivity contribution in [3.05, 3.63) is 91.2 Å². The average Bonchev–Trinajstić information content (AvgIpc) is 2.73. The number of nitro groups is 1. The molecule has 3 aromatic rings. The number of benzene rings is 2. The van der Waals surface area contributed by atoms with Gasteiger partial charge in [0.15, 0.2) is 0 Å². The number of halogens is 1. The number of hydrogen-bond acceptors (Lipinski definition) is 7. The van der Waals surface area contributed by atoms with Gasteiger partial charge in [-0.25, -0.2) is 4.98 Å². The van der Waals surface area contributed by atoms with E-state index >= 15 is 0 Å². The van der Waals surface area contributed by atoms with Crippen molar-refractivity contribution in [1.29, 1.82) is 5.26 Å². The molecule has 3 rings (SSSR count). The highest BCUT2D eigenvalue weighted by molar-refractivity contribution is 14.1. The highest BCUT2D eigenvalue weighted by atomic mass is 127. The van der Waals surface area contributed by atoms with Crippen LogP contribution in [0.25, 0.3) is 0 Å². The fraction of sp³-hybridized carbons (Fsp3) is 0.0500. The molecule has 0 radical (unpaired) electrons. The van der Waals surface area contributed by atoms with Crippen LogP contribution in [0.15, 0.2) is 65.9 Å². The normalized spacial score (nSPS) is 10.5. The molecule has 9 heteroatoms. The molecule has 1 aromatic heterocycles. The van der Waals surface area contributed by atoms with Gasteiger partial charge in [-0.05, 0) is 58.5 Å². The van der Waals surface area contributed by atoms with Gasteiger partial charge in [0.1, 0.15) is 24.4 Å². The lowest BCUT2D eigenvalue weighted by Crippen LogP contribution is -2.00. The van der Waals surface area contributed by atoms with E-state index in [1.807, 2.05) is 36.4 Å². The van der Waals surface area contributed by atoms with Crippen LogP contribution in [0.5, 0.6) is 5.75 Å². The van der Waals surface area contributed by atoms with E-state index in [-0.39, 0.29) is 5.69 Å². The molecule has 0 spiro atoms. The predicted molar refractivity (Wildman–Crippen MR) is 117 cm³/mol. The molecule has 2 aromatic carbocycles. The zero-order chi connectivity index (χ0) is 20.6. The third kappa shape index (κ3) is 5.49. The Morgan fingerprint density at radius 1 is 1.28 bits per heavy atom. The van der Waals surface area contributed by atoms with E-state index < -0.39 is 4.92 Å². The summed E-state index contributed by atoms with van der Waals surface area (Å²) in [5.74, 6) is 1.11. The molecule has 0 aliphatic rings. The number of ether oxygens (including phenoxy) is 1. The van der Waals surface area contributed by atoms with Crippen molar-refractivity contribution in [2.24, 2.45) is 5.10 Å². The molecule has 0 atom stereocenters. The lowest BCUT2D eigenvalue weighted by molar-refractivity contribution is -0.385. The Morgan fingerprint density at radius 3 is 2.79 bits per heavy atom. The van der Waals surface area contributed by atoms with Crippen molar-refractivity contribution in [3.8, 4) is 11.8 Å². The molecule has 0 amide bonds. The molecule has 144 valence electrons. The fourth-order valence-electron chi connectivity index (χ4n) is 2.36. The first-order chi connectivity index (χ1) is 14.1. The van der Waals surface area contributed by atoms with Crippen LogP contribution in [0.2, 0.25) is 0 Å². The minimum Gasteiger partial charge on any atom is -0.488 e. The van der Waals surface area contributed by atoms with E-state index in [4.69, 9.17) is 10.00 Å². The molecule has 0 aliphatic heterocycles. The smallest absolute Gasteiger partial charge is 0.287 e. The van der Waals surface area contributed by atoms with Crippen molar-refractivity contribution in [1.82, 2.24) is 4.98 Å². The van der Waals surface area contributed by atoms with Gasteiger partial charge in [0.2, 0.25) is 0 Å². The number of rotatable bonds is 7. The molecule has 0 saturated heterocycles. The van der Waals surface area contributed by atoms with Gasteiger partial charge in [-0.2, -0.15) is 10.4 Å². The van der Waals surface area contributed by atoms with Gasteiger partial charge >= 0.3 is 0 Å². The molecule has 0 fully saturated rings. The molecule has 0 bridgehead atoms. The summed E-state index contributed by atoms with van der Waals surface area (Å²) in [5.41, 5.74) is 4.91. The molecule has 8 nitrogen and oxygen atoms in total. The van der Waals surface area contributed by atoms with E-state index in [9.17, 15) is 10.1 Å². The summed E-state index contributed by atoms with van der Waals surface area (Å²) in [7, 11) is 0. The average molecular weight is 499 g/mol. The van der Waals surface area contributed by atoms with Gasteiger partial charge in [-0.3, -0.25) is 15.5 Å². The molecule has 0 unspecified atom stereocenters. The second kappa shape index (κ2) is 9.61. The maximum atomic E-state index is 10.6. The largest absolute Gasteiger partial charge is 0.488 e. The molecule has 0 saturated carbocycles. The summed E-state index contributed by atoms with van der Waals surface area (Å²) in [5, 5.41) is 23.9. The lowest BCUT2D eigenvalue weighted by atomic mass is 10.1. The third-order valence-electron chi connectivity index (χ3n) is 3.83. The van der Waals surface area contributed by atoms with Gasteiger partial charge in [0.25, 0.3) is 5.69 Å². The Balaban J connectivity index is 1.61. The van der Waals surface area contributed by atoms with Gasteiger partial charge in [0, 0.05) is 11.6 Å². The van der Waals surface area contributed by atoms with E-state index in [0.29, 0.717) is 23.7 Å². The maximum Gasteiger partial charge on any atom is 0.287 e. The van der Waals surface area contributed by atoms with Crippen LogP contribution in [0, 0.1) is 25.0 Å². The van der Waals surface area contributed by atoms with Crippen molar-refractivity contribution in [3.63, 3.8) is 0 Å². The predicted octanol–water partition coefficient (Wildman–Crippen LogP) is 4.49. The fourth-order valence-corrected chi connectivity index (χ4v) is 3.05. The standard InChI is InChI=1S/C20H14IN5O3/c21-18-9-14(11-24-25-20-8-6-17(12-23-20)26(27)28)5-7-19(18)29-13-16-4-2-1-3-15(16)10-22/h1-9,11-12H,13H2,(H,23,25)/b24-11+. The van der Waals surface area contributed by atoms with Crippen LogP contribution in [-0.4, -0.2) is 16.1 Å². The summed E-state index contributed by atoms with van der Waals surface area (Å²) in [4.78, 5) is 14.0. The number of hydrazone groups is 1. The maximum absolute atomic E-state index is 10.6. The van der Waals surface area contributed by atoms with E-state index in [1.54, 1.807) is 12.3 Å². The molecule has 29 heavy (non-hydrogen) atoms. The Bertz CT molecular complexity index is 1090. The number of nitrogens with one attached hydrogen (secondary N) is 1. The minimum atomic E-state index is -0.509. The van der Waals surface area contributed by atoms with Crippen LogP contribution in [0.4, 0.5) is 11.5 Å². The summed E-state index contributed by atoms with van der Waals surface area (Å²) in [6.07, 6.45) is 2.78. The highest BCUT2D eigenvalue weighted by Gasteiger charge is 2.06. The van der Waals surface area contributed by atoms with Crippen molar-refractivity contribution in [2.75, 3.05) is 5.43 Å². The zero-order valence-electron chi connectivity index (χ0n) is 14.9. The minimum absolute atomic E-state index is 0.0814. The Morgan fingerprint density at radius 2 is 2.10 bits per heavy atom. The third-order valence-corrected chi connectivity index (χ3v) is 4.67. The molecular weight excluding hydrogens is 485 g/mol. The van der Waals surface area contributed by atoms with Crippen LogP contribution < -0.4 is 10.2 Å². The first kappa shape index (κ1) is 20.2. The van der Waals surface area contributed by atoms with Crippen LogP contribution in [-0.2, 0) is 6.61 Å². The molecule has 0 aliphatic carbocycles. The molecule has 1 heterocycles. The summed E-state index contributed by atoms with van der Waals surface area (Å²) in [6.45, 7) is 0.306. The van der Waals surface area contributed by atoms with Crippen molar-refractivity contribution < 1.29 is 9.66 Å². The number of nitrogens with zero attached hydrogens (tertiary/aromatic N) is 4. The monoisotopic (exact) mass is 499 g/mol. The second-order valence-electron chi connectivity index (χ2n) is 5.78. The Labute approximate surface area is 180 Å². The SMILES string of the molecule is N#Cc1ccccc1COc1ccc(/C=N/Nc2ccc([N+](=O)[O-])cn2)cc1I. The molecule has 1 N–H and O–H groups in total. The van der Waals surface area contributed by atoms with Gasteiger partial charge < -0.3 is 4.74 Å². The van der Waals surface area contributed by atoms with Crippen LogP contribution in [0.3, 0.4) is 0 Å². The number of aromatic nitrogens is 1. The van der Waals surface area contributed by atoms with Crippen molar-refractivity contribution >= 4 is 40.3 Å². The lowest BCUT2D eigenvalue weighted by Gasteiger charge is -2.10. The first-order valence-electron chi connectivity index (χ1n) is 8.36. The topological polar surface area (TPSA) is 113 Å². The number of nitriles is 1. The summed E-state index contributed by atoms with van der Waals surface area (Å²) >= 11 is 2.17. The van der Waals surface area contributed by atoms with Crippen LogP contribution in [0.1, 0.15) is 16.7 Å². The van der Waals surface area contributed by atoms with Gasteiger partial charge in [-0.15, -0.1) is 0 Å². The number of anilines is 1. The highest BCUT2D eigenvalue weighted by Crippen LogP contribution is 2.23. The first-order valence-corrected chi connectivity index (χ1v) is 9.44. The van der Waals surface area contributed by atoms with E-state index in [1.165, 1.54) is 12.1 Å². The zero-order valence-corrected chi connectivity index (χ0v) is 17.1.